The summed E-state index contributed by atoms with van der Waals surface area (Å²) in [5.41, 5.74) is 0.534. The monoisotopic (exact) mass is 435 g/mol. The number of benzene rings is 2. The standard InChI is InChI=1S/C20H13ClF3N3O3/c21-14-7-5-12(20(22,23)24)9-17(14)27-18(28)11-30-19(29)8-6-13-10-25-15-3-1-2-4-16(15)26-13/h1-10H,11H2,(H,27,28). The number of hydrogen-bond acceptors (Lipinski definition) is 5. The van der Waals surface area contributed by atoms with Crippen LogP contribution in [0.25, 0.3) is 17.1 Å². The third-order valence-electron chi connectivity index (χ3n) is 3.77. The van der Waals surface area contributed by atoms with E-state index < -0.39 is 30.2 Å². The normalized spacial score (nSPS) is 11.6. The number of nitrogens with one attached hydrogen (secondary N) is 1. The van der Waals surface area contributed by atoms with Crippen molar-refractivity contribution in [2.45, 2.75) is 6.18 Å². The van der Waals surface area contributed by atoms with Crippen molar-refractivity contribution in [3.63, 3.8) is 0 Å². The molecule has 154 valence electrons. The van der Waals surface area contributed by atoms with Crippen LogP contribution in [0.3, 0.4) is 0 Å². The molecular weight excluding hydrogens is 423 g/mol. The third-order valence-corrected chi connectivity index (χ3v) is 4.10. The van der Waals surface area contributed by atoms with Crippen LogP contribution < -0.4 is 5.32 Å². The summed E-state index contributed by atoms with van der Waals surface area (Å²) in [5, 5.41) is 2.09. The Kier molecular flexibility index (Phi) is 6.31. The summed E-state index contributed by atoms with van der Waals surface area (Å²) < 4.78 is 43.1. The number of hydrogen-bond donors (Lipinski definition) is 1. The van der Waals surface area contributed by atoms with Gasteiger partial charge in [-0.05, 0) is 36.4 Å². The fourth-order valence-electron chi connectivity index (χ4n) is 2.37. The number of carbonyl (C=O) groups excluding carboxylic acids is 2. The Hall–Kier alpha value is -3.46. The lowest BCUT2D eigenvalue weighted by atomic mass is 10.2. The highest BCUT2D eigenvalue weighted by Crippen LogP contribution is 2.33. The van der Waals surface area contributed by atoms with Gasteiger partial charge in [0.05, 0.1) is 39.2 Å². The first-order valence-corrected chi connectivity index (χ1v) is 8.83. The summed E-state index contributed by atoms with van der Waals surface area (Å²) in [6.45, 7) is -0.709. The van der Waals surface area contributed by atoms with E-state index in [9.17, 15) is 22.8 Å². The first kappa shape index (κ1) is 21.3. The maximum atomic E-state index is 12.8. The molecule has 1 heterocycles. The molecule has 0 bridgehead atoms. The van der Waals surface area contributed by atoms with Gasteiger partial charge in [-0.15, -0.1) is 0 Å². The number of rotatable bonds is 5. The largest absolute Gasteiger partial charge is 0.452 e. The molecule has 0 unspecified atom stereocenters. The first-order chi connectivity index (χ1) is 14.2. The van der Waals surface area contributed by atoms with Gasteiger partial charge in [0.2, 0.25) is 0 Å². The number of nitrogens with zero attached hydrogens (tertiary/aromatic N) is 2. The third kappa shape index (κ3) is 5.54. The van der Waals surface area contributed by atoms with Gasteiger partial charge in [-0.25, -0.2) is 9.78 Å². The summed E-state index contributed by atoms with van der Waals surface area (Å²) in [5.74, 6) is -1.68. The second-order valence-electron chi connectivity index (χ2n) is 5.97. The quantitative estimate of drug-likeness (QED) is 0.471. The number of halogens is 4. The van der Waals surface area contributed by atoms with E-state index in [4.69, 9.17) is 16.3 Å². The highest BCUT2D eigenvalue weighted by Gasteiger charge is 2.31. The van der Waals surface area contributed by atoms with Crippen molar-refractivity contribution < 1.29 is 27.5 Å². The lowest BCUT2D eigenvalue weighted by molar-refractivity contribution is -0.142. The van der Waals surface area contributed by atoms with Gasteiger partial charge >= 0.3 is 12.1 Å². The number of ether oxygens (including phenoxy) is 1. The van der Waals surface area contributed by atoms with Crippen molar-refractivity contribution >= 4 is 46.3 Å². The SMILES string of the molecule is O=C(COC(=O)C=Cc1cnc2ccccc2n1)Nc1cc(C(F)(F)F)ccc1Cl. The van der Waals surface area contributed by atoms with Crippen LogP contribution in [0.5, 0.6) is 0 Å². The Balaban J connectivity index is 1.56. The maximum Gasteiger partial charge on any atom is 0.416 e. The van der Waals surface area contributed by atoms with Gasteiger partial charge in [-0.1, -0.05) is 23.7 Å². The lowest BCUT2D eigenvalue weighted by Crippen LogP contribution is -2.20. The summed E-state index contributed by atoms with van der Waals surface area (Å²) in [4.78, 5) is 32.1. The molecule has 10 heteroatoms. The van der Waals surface area contributed by atoms with Crippen LogP contribution in [0.1, 0.15) is 11.3 Å². The molecule has 3 rings (SSSR count). The van der Waals surface area contributed by atoms with Crippen molar-refractivity contribution in [1.82, 2.24) is 9.97 Å². The van der Waals surface area contributed by atoms with Gasteiger partial charge in [0.25, 0.3) is 5.91 Å². The number of amides is 1. The number of esters is 1. The molecule has 0 saturated carbocycles. The van der Waals surface area contributed by atoms with Crippen molar-refractivity contribution in [1.29, 1.82) is 0 Å². The van der Waals surface area contributed by atoms with E-state index in [1.165, 1.54) is 12.3 Å². The molecule has 1 amide bonds. The number of anilines is 1. The molecular formula is C20H13ClF3N3O3. The predicted molar refractivity (Wildman–Crippen MR) is 105 cm³/mol. The number of para-hydroxylation sites is 2. The van der Waals surface area contributed by atoms with E-state index in [0.29, 0.717) is 22.8 Å². The molecule has 0 atom stereocenters. The van der Waals surface area contributed by atoms with Crippen molar-refractivity contribution in [2.75, 3.05) is 11.9 Å². The maximum absolute atomic E-state index is 12.8. The Morgan fingerprint density at radius 2 is 1.87 bits per heavy atom. The van der Waals surface area contributed by atoms with Crippen LogP contribution in [-0.4, -0.2) is 28.5 Å². The summed E-state index contributed by atoms with van der Waals surface area (Å²) >= 11 is 5.80. The molecule has 1 N–H and O–H groups in total. The van der Waals surface area contributed by atoms with E-state index in [0.717, 1.165) is 18.2 Å². The van der Waals surface area contributed by atoms with Crippen molar-refractivity contribution in [2.24, 2.45) is 0 Å². The highest BCUT2D eigenvalue weighted by atomic mass is 35.5. The molecule has 0 spiro atoms. The van der Waals surface area contributed by atoms with Gasteiger partial charge < -0.3 is 10.1 Å². The average molecular weight is 436 g/mol. The van der Waals surface area contributed by atoms with E-state index >= 15 is 0 Å². The van der Waals surface area contributed by atoms with Gasteiger partial charge in [0.1, 0.15) is 0 Å². The van der Waals surface area contributed by atoms with Crippen LogP contribution in [0, 0.1) is 0 Å². The summed E-state index contributed by atoms with van der Waals surface area (Å²) in [6, 6.07) is 9.67. The van der Waals surface area contributed by atoms with Crippen molar-refractivity contribution in [3.05, 3.63) is 71.0 Å². The van der Waals surface area contributed by atoms with Crippen LogP contribution >= 0.6 is 11.6 Å². The number of alkyl halides is 3. The van der Waals surface area contributed by atoms with Crippen LogP contribution in [-0.2, 0) is 20.5 Å². The Labute approximate surface area is 173 Å². The Morgan fingerprint density at radius 3 is 2.60 bits per heavy atom. The second kappa shape index (κ2) is 8.91. The molecule has 3 aromatic rings. The molecule has 0 aliphatic rings. The predicted octanol–water partition coefficient (Wildman–Crippen LogP) is 4.50. The van der Waals surface area contributed by atoms with E-state index in [-0.39, 0.29) is 10.7 Å². The molecule has 1 aromatic heterocycles. The first-order valence-electron chi connectivity index (χ1n) is 8.45. The number of aromatic nitrogens is 2. The average Bonchev–Trinajstić information content (AvgIpc) is 2.71. The van der Waals surface area contributed by atoms with Gasteiger partial charge in [-0.3, -0.25) is 9.78 Å². The zero-order valence-corrected chi connectivity index (χ0v) is 15.9. The minimum atomic E-state index is -4.59. The van der Waals surface area contributed by atoms with E-state index in [1.807, 2.05) is 6.07 Å². The van der Waals surface area contributed by atoms with Crippen LogP contribution in [0.2, 0.25) is 5.02 Å². The zero-order valence-electron chi connectivity index (χ0n) is 15.1. The van der Waals surface area contributed by atoms with E-state index in [2.05, 4.69) is 15.3 Å². The van der Waals surface area contributed by atoms with Crippen LogP contribution in [0.4, 0.5) is 18.9 Å². The number of fused-ring (bicyclic) bond motifs is 1. The molecule has 0 saturated heterocycles. The summed E-state index contributed by atoms with van der Waals surface area (Å²) in [7, 11) is 0. The molecule has 30 heavy (non-hydrogen) atoms. The lowest BCUT2D eigenvalue weighted by Gasteiger charge is -2.11. The van der Waals surface area contributed by atoms with Crippen molar-refractivity contribution in [3.8, 4) is 0 Å². The van der Waals surface area contributed by atoms with Gasteiger partial charge in [0.15, 0.2) is 6.61 Å². The highest BCUT2D eigenvalue weighted by molar-refractivity contribution is 6.33. The van der Waals surface area contributed by atoms with Crippen LogP contribution in [0.15, 0.2) is 54.7 Å². The fourth-order valence-corrected chi connectivity index (χ4v) is 2.54. The molecule has 0 aliphatic carbocycles. The number of carbonyl (C=O) groups is 2. The van der Waals surface area contributed by atoms with Gasteiger partial charge in [-0.2, -0.15) is 13.2 Å². The minimum absolute atomic E-state index is 0.0857. The molecule has 0 radical (unpaired) electrons. The molecule has 0 aliphatic heterocycles. The van der Waals surface area contributed by atoms with Gasteiger partial charge in [0, 0.05) is 6.08 Å². The van der Waals surface area contributed by atoms with E-state index in [1.54, 1.807) is 18.2 Å². The molecule has 0 fully saturated rings. The smallest absolute Gasteiger partial charge is 0.416 e. The zero-order chi connectivity index (χ0) is 21.7. The summed E-state index contributed by atoms with van der Waals surface area (Å²) in [6.07, 6.45) is -0.700. The second-order valence-corrected chi connectivity index (χ2v) is 6.37. The molecule has 6 nitrogen and oxygen atoms in total. The fraction of sp³-hybridized carbons (Fsp3) is 0.100. The topological polar surface area (TPSA) is 81.2 Å². The Bertz CT molecular complexity index is 1130. The Morgan fingerprint density at radius 1 is 1.13 bits per heavy atom. The minimum Gasteiger partial charge on any atom is -0.452 e. The molecule has 2 aromatic carbocycles.